The van der Waals surface area contributed by atoms with Crippen LogP contribution in [0.1, 0.15) is 43.5 Å². The molecule has 0 aliphatic heterocycles. The number of carboxylic acids is 1. The van der Waals surface area contributed by atoms with Gasteiger partial charge in [0.15, 0.2) is 0 Å². The molecule has 2 N–H and O–H groups in total. The molecular formula is C22H30IN5O5. The molecular weight excluding hydrogens is 541 g/mol. The monoisotopic (exact) mass is 571 g/mol. The number of amides is 1. The number of pyridine rings is 1. The van der Waals surface area contributed by atoms with Crippen molar-refractivity contribution in [3.8, 4) is 17.1 Å². The largest absolute Gasteiger partial charge is 0.491 e. The van der Waals surface area contributed by atoms with Crippen molar-refractivity contribution in [1.82, 2.24) is 25.3 Å². The fourth-order valence-electron chi connectivity index (χ4n) is 3.91. The molecule has 3 rings (SSSR count). The molecule has 11 heteroatoms. The second kappa shape index (κ2) is 12.1. The fourth-order valence-corrected chi connectivity index (χ4v) is 4.22. The Bertz CT molecular complexity index is 967. The minimum Gasteiger partial charge on any atom is -0.491 e. The van der Waals surface area contributed by atoms with Gasteiger partial charge in [-0.15, -0.1) is 5.10 Å². The van der Waals surface area contributed by atoms with Crippen LogP contribution in [-0.4, -0.2) is 54.8 Å². The maximum atomic E-state index is 11.9. The van der Waals surface area contributed by atoms with Gasteiger partial charge >= 0.3 is 12.1 Å². The van der Waals surface area contributed by atoms with Crippen molar-refractivity contribution in [3.05, 3.63) is 23.5 Å². The average Bonchev–Trinajstić information content (AvgIpc) is 3.17. The van der Waals surface area contributed by atoms with Gasteiger partial charge in [-0.3, -0.25) is 4.79 Å². The predicted octanol–water partition coefficient (Wildman–Crippen LogP) is 3.51. The molecule has 0 radical (unpaired) electrons. The Hall–Kier alpha value is -2.44. The Kier molecular flexibility index (Phi) is 9.27. The van der Waals surface area contributed by atoms with E-state index in [0.717, 1.165) is 30.1 Å². The van der Waals surface area contributed by atoms with Gasteiger partial charge in [0.2, 0.25) is 0 Å². The number of rotatable bonds is 10. The molecule has 180 valence electrons. The topological polar surface area (TPSA) is 128 Å². The molecule has 1 saturated carbocycles. The van der Waals surface area contributed by atoms with E-state index in [1.54, 1.807) is 11.7 Å². The summed E-state index contributed by atoms with van der Waals surface area (Å²) in [5.74, 6) is -0.0990. The van der Waals surface area contributed by atoms with Gasteiger partial charge in [0.25, 0.3) is 0 Å². The SMILES string of the molecule is Cc1nc(-c2nnn(C)c2CNC(=O)OCCCI)ccc1OC[C@H]1CCC[C@H](C(=O)O)C1. The average molecular weight is 571 g/mol. The first-order valence-corrected chi connectivity index (χ1v) is 12.6. The summed E-state index contributed by atoms with van der Waals surface area (Å²) < 4.78 is 13.6. The summed E-state index contributed by atoms with van der Waals surface area (Å²) in [7, 11) is 1.76. The number of aromatic nitrogens is 4. The number of ether oxygens (including phenoxy) is 2. The van der Waals surface area contributed by atoms with Gasteiger partial charge in [0, 0.05) is 11.5 Å². The summed E-state index contributed by atoms with van der Waals surface area (Å²) in [6, 6.07) is 3.66. The van der Waals surface area contributed by atoms with Crippen molar-refractivity contribution in [2.45, 2.75) is 45.6 Å². The van der Waals surface area contributed by atoms with Gasteiger partial charge in [0.05, 0.1) is 42.8 Å². The summed E-state index contributed by atoms with van der Waals surface area (Å²) in [6.07, 6.45) is 3.61. The van der Waals surface area contributed by atoms with Crippen LogP contribution in [-0.2, 0) is 23.1 Å². The maximum Gasteiger partial charge on any atom is 0.407 e. The van der Waals surface area contributed by atoms with Crippen molar-refractivity contribution >= 4 is 34.7 Å². The number of aliphatic carboxylic acids is 1. The van der Waals surface area contributed by atoms with E-state index in [4.69, 9.17) is 9.47 Å². The first-order valence-electron chi connectivity index (χ1n) is 11.1. The molecule has 0 saturated heterocycles. The summed E-state index contributed by atoms with van der Waals surface area (Å²) >= 11 is 2.23. The highest BCUT2D eigenvalue weighted by Gasteiger charge is 2.27. The van der Waals surface area contributed by atoms with E-state index in [2.05, 4.69) is 43.2 Å². The van der Waals surface area contributed by atoms with Gasteiger partial charge in [0.1, 0.15) is 11.4 Å². The molecule has 1 fully saturated rings. The first kappa shape index (κ1) is 25.2. The van der Waals surface area contributed by atoms with Gasteiger partial charge in [-0.1, -0.05) is 34.2 Å². The highest BCUT2D eigenvalue weighted by atomic mass is 127. The third-order valence-corrected chi connectivity index (χ3v) is 6.50. The molecule has 0 aromatic carbocycles. The van der Waals surface area contributed by atoms with E-state index < -0.39 is 12.1 Å². The molecule has 2 aromatic rings. The second-order valence-electron chi connectivity index (χ2n) is 8.20. The van der Waals surface area contributed by atoms with Gasteiger partial charge < -0.3 is 19.9 Å². The lowest BCUT2D eigenvalue weighted by molar-refractivity contribution is -0.143. The number of carbonyl (C=O) groups is 2. The van der Waals surface area contributed by atoms with E-state index >= 15 is 0 Å². The van der Waals surface area contributed by atoms with E-state index in [-0.39, 0.29) is 18.4 Å². The predicted molar refractivity (Wildman–Crippen MR) is 129 cm³/mol. The number of nitrogens with zero attached hydrogens (tertiary/aromatic N) is 4. The quantitative estimate of drug-likeness (QED) is 0.252. The molecule has 1 amide bonds. The third kappa shape index (κ3) is 7.02. The Morgan fingerprint density at radius 2 is 2.15 bits per heavy atom. The van der Waals surface area contributed by atoms with E-state index in [0.29, 0.717) is 48.2 Å². The fraction of sp³-hybridized carbons (Fsp3) is 0.591. The number of halogens is 1. The number of hydrogen-bond acceptors (Lipinski definition) is 7. The number of nitrogens with one attached hydrogen (secondary N) is 1. The molecule has 0 unspecified atom stereocenters. The highest BCUT2D eigenvalue weighted by Crippen LogP contribution is 2.30. The van der Waals surface area contributed by atoms with Gasteiger partial charge in [-0.2, -0.15) is 0 Å². The number of carboxylic acid groups (broad SMARTS) is 1. The summed E-state index contributed by atoms with van der Waals surface area (Å²) in [5, 5.41) is 20.3. The van der Waals surface area contributed by atoms with E-state index in [1.165, 1.54) is 0 Å². The Labute approximate surface area is 206 Å². The van der Waals surface area contributed by atoms with Crippen molar-refractivity contribution in [1.29, 1.82) is 0 Å². The van der Waals surface area contributed by atoms with E-state index in [9.17, 15) is 14.7 Å². The van der Waals surface area contributed by atoms with Crippen molar-refractivity contribution in [2.24, 2.45) is 18.9 Å². The first-order chi connectivity index (χ1) is 15.9. The lowest BCUT2D eigenvalue weighted by Crippen LogP contribution is -2.26. The minimum absolute atomic E-state index is 0.216. The molecule has 33 heavy (non-hydrogen) atoms. The zero-order valence-electron chi connectivity index (χ0n) is 18.9. The van der Waals surface area contributed by atoms with Crippen LogP contribution in [0.25, 0.3) is 11.4 Å². The molecule has 2 aromatic heterocycles. The van der Waals surface area contributed by atoms with Crippen LogP contribution in [0.3, 0.4) is 0 Å². The van der Waals surface area contributed by atoms with Crippen LogP contribution >= 0.6 is 22.6 Å². The normalized spacial score (nSPS) is 18.0. The van der Waals surface area contributed by atoms with Gasteiger partial charge in [-0.25, -0.2) is 14.5 Å². The summed E-state index contributed by atoms with van der Waals surface area (Å²) in [5.41, 5.74) is 2.63. The van der Waals surface area contributed by atoms with Crippen LogP contribution < -0.4 is 10.1 Å². The number of alkyl carbamates (subject to hydrolysis) is 1. The highest BCUT2D eigenvalue weighted by molar-refractivity contribution is 14.1. The van der Waals surface area contributed by atoms with Crippen LogP contribution in [0.4, 0.5) is 4.79 Å². The molecule has 10 nitrogen and oxygen atoms in total. The van der Waals surface area contributed by atoms with Crippen LogP contribution in [0.15, 0.2) is 12.1 Å². The molecule has 0 bridgehead atoms. The van der Waals surface area contributed by atoms with Crippen molar-refractivity contribution < 1.29 is 24.2 Å². The molecule has 2 heterocycles. The van der Waals surface area contributed by atoms with Crippen LogP contribution in [0.5, 0.6) is 5.75 Å². The maximum absolute atomic E-state index is 11.9. The van der Waals surface area contributed by atoms with Crippen molar-refractivity contribution in [3.63, 3.8) is 0 Å². The summed E-state index contributed by atoms with van der Waals surface area (Å²) in [4.78, 5) is 27.8. The lowest BCUT2D eigenvalue weighted by atomic mass is 9.82. The Morgan fingerprint density at radius 3 is 2.88 bits per heavy atom. The number of hydrogen-bond donors (Lipinski definition) is 2. The molecule has 2 atom stereocenters. The third-order valence-electron chi connectivity index (χ3n) is 5.74. The smallest absolute Gasteiger partial charge is 0.407 e. The van der Waals surface area contributed by atoms with Gasteiger partial charge in [-0.05, 0) is 50.7 Å². The molecule has 1 aliphatic rings. The zero-order chi connectivity index (χ0) is 23.8. The summed E-state index contributed by atoms with van der Waals surface area (Å²) in [6.45, 7) is 2.93. The molecule has 1 aliphatic carbocycles. The number of alkyl halides is 1. The Morgan fingerprint density at radius 1 is 1.33 bits per heavy atom. The minimum atomic E-state index is -0.718. The van der Waals surface area contributed by atoms with Crippen LogP contribution in [0, 0.1) is 18.8 Å². The molecule has 0 spiro atoms. The second-order valence-corrected chi connectivity index (χ2v) is 9.28. The van der Waals surface area contributed by atoms with E-state index in [1.807, 2.05) is 19.1 Å². The Balaban J connectivity index is 1.61. The van der Waals surface area contributed by atoms with Crippen LogP contribution in [0.2, 0.25) is 0 Å². The number of carbonyl (C=O) groups excluding carboxylic acids is 1. The lowest BCUT2D eigenvalue weighted by Gasteiger charge is -2.26. The standard InChI is InChI=1S/C22H30IN5O5/c1-14-19(33-13-15-5-3-6-16(11-15)21(29)30)8-7-17(25-14)20-18(28(2)27-26-20)12-24-22(31)32-10-4-9-23/h7-8,15-16H,3-6,9-13H2,1-2H3,(H,24,31)(H,29,30)/t15-,16-/m0/s1. The number of aryl methyl sites for hydroxylation is 2. The zero-order valence-corrected chi connectivity index (χ0v) is 21.1. The van der Waals surface area contributed by atoms with Crippen molar-refractivity contribution in [2.75, 3.05) is 17.6 Å².